The Kier molecular flexibility index (Phi) is 4.26. The Hall–Kier alpha value is -1.22. The summed E-state index contributed by atoms with van der Waals surface area (Å²) in [5.74, 6) is 0.146. The van der Waals surface area contributed by atoms with Crippen LogP contribution in [0.15, 0.2) is 18.5 Å². The molecule has 0 saturated heterocycles. The highest BCUT2D eigenvalue weighted by molar-refractivity contribution is 5.97. The van der Waals surface area contributed by atoms with Crippen molar-refractivity contribution < 1.29 is 9.53 Å². The van der Waals surface area contributed by atoms with E-state index in [2.05, 4.69) is 4.98 Å². The van der Waals surface area contributed by atoms with Crippen LogP contribution < -0.4 is 0 Å². The van der Waals surface area contributed by atoms with Gasteiger partial charge in [-0.15, -0.1) is 0 Å². The van der Waals surface area contributed by atoms with Gasteiger partial charge in [-0.2, -0.15) is 0 Å². The fourth-order valence-electron chi connectivity index (χ4n) is 1.27. The van der Waals surface area contributed by atoms with Crippen LogP contribution in [0.5, 0.6) is 0 Å². The average Bonchev–Trinajstić information content (AvgIpc) is 2.18. The van der Waals surface area contributed by atoms with Gasteiger partial charge in [0.1, 0.15) is 0 Å². The number of hydrogen-bond acceptors (Lipinski definition) is 3. The minimum absolute atomic E-state index is 0.146. The second kappa shape index (κ2) is 5.50. The number of carbonyl (C=O) groups is 1. The van der Waals surface area contributed by atoms with Crippen LogP contribution >= 0.6 is 0 Å². The molecule has 0 amide bonds. The van der Waals surface area contributed by atoms with Crippen molar-refractivity contribution in [3.05, 3.63) is 29.6 Å². The van der Waals surface area contributed by atoms with E-state index in [4.69, 9.17) is 4.74 Å². The summed E-state index contributed by atoms with van der Waals surface area (Å²) in [6.07, 6.45) is 4.62. The molecular weight excluding hydrogens is 178 g/mol. The van der Waals surface area contributed by atoms with Gasteiger partial charge in [-0.3, -0.25) is 9.78 Å². The van der Waals surface area contributed by atoms with E-state index < -0.39 is 0 Å². The van der Waals surface area contributed by atoms with Crippen LogP contribution in [0.3, 0.4) is 0 Å². The normalized spacial score (nSPS) is 10.1. The molecular formula is C11H15NO2. The molecule has 3 nitrogen and oxygen atoms in total. The second-order valence-corrected chi connectivity index (χ2v) is 3.21. The van der Waals surface area contributed by atoms with Crippen molar-refractivity contribution in [2.45, 2.75) is 19.8 Å². The van der Waals surface area contributed by atoms with E-state index in [1.165, 1.54) is 0 Å². The molecule has 1 aromatic rings. The van der Waals surface area contributed by atoms with Crippen molar-refractivity contribution >= 4 is 5.78 Å². The van der Waals surface area contributed by atoms with Crippen LogP contribution in [0.4, 0.5) is 0 Å². The molecule has 0 N–H and O–H groups in total. The summed E-state index contributed by atoms with van der Waals surface area (Å²) < 4.78 is 4.89. The third-order valence-corrected chi connectivity index (χ3v) is 2.09. The number of nitrogens with zero attached hydrogens (tertiary/aromatic N) is 1. The van der Waals surface area contributed by atoms with E-state index in [0.29, 0.717) is 13.0 Å². The summed E-state index contributed by atoms with van der Waals surface area (Å²) >= 11 is 0. The third-order valence-electron chi connectivity index (χ3n) is 2.09. The van der Waals surface area contributed by atoms with E-state index in [1.54, 1.807) is 19.5 Å². The number of ketones is 1. The summed E-state index contributed by atoms with van der Waals surface area (Å²) in [7, 11) is 1.64. The minimum Gasteiger partial charge on any atom is -0.385 e. The first-order valence-electron chi connectivity index (χ1n) is 4.68. The molecule has 0 saturated carbocycles. The highest BCUT2D eigenvalue weighted by Crippen LogP contribution is 2.09. The maximum atomic E-state index is 11.6. The fraction of sp³-hybridized carbons (Fsp3) is 0.455. The summed E-state index contributed by atoms with van der Waals surface area (Å²) in [6.45, 7) is 2.55. The van der Waals surface area contributed by atoms with Gasteiger partial charge in [0.25, 0.3) is 0 Å². The number of aromatic nitrogens is 1. The number of pyridine rings is 1. The van der Waals surface area contributed by atoms with Crippen LogP contribution in [0.1, 0.15) is 28.8 Å². The maximum absolute atomic E-state index is 11.6. The standard InChI is InChI=1S/C11H15NO2/c1-9-5-6-12-8-10(9)11(13)4-3-7-14-2/h5-6,8H,3-4,7H2,1-2H3. The topological polar surface area (TPSA) is 39.2 Å². The minimum atomic E-state index is 0.146. The molecule has 0 atom stereocenters. The predicted molar refractivity (Wildman–Crippen MR) is 54.4 cm³/mol. The smallest absolute Gasteiger partial charge is 0.164 e. The average molecular weight is 193 g/mol. The molecule has 0 aromatic carbocycles. The molecule has 1 aromatic heterocycles. The predicted octanol–water partition coefficient (Wildman–Crippen LogP) is 2.00. The molecule has 0 radical (unpaired) electrons. The van der Waals surface area contributed by atoms with E-state index in [-0.39, 0.29) is 5.78 Å². The van der Waals surface area contributed by atoms with Crippen molar-refractivity contribution in [3.8, 4) is 0 Å². The van der Waals surface area contributed by atoms with Gasteiger partial charge in [-0.25, -0.2) is 0 Å². The number of Topliss-reactive ketones (excluding diaryl/α,β-unsaturated/α-hetero) is 1. The van der Waals surface area contributed by atoms with Crippen LogP contribution in [0.2, 0.25) is 0 Å². The Morgan fingerprint density at radius 2 is 2.36 bits per heavy atom. The van der Waals surface area contributed by atoms with Crippen molar-refractivity contribution in [2.24, 2.45) is 0 Å². The van der Waals surface area contributed by atoms with E-state index in [0.717, 1.165) is 17.5 Å². The van der Waals surface area contributed by atoms with Crippen LogP contribution in [-0.4, -0.2) is 24.5 Å². The lowest BCUT2D eigenvalue weighted by Gasteiger charge is -2.03. The highest BCUT2D eigenvalue weighted by Gasteiger charge is 2.07. The fourth-order valence-corrected chi connectivity index (χ4v) is 1.27. The third kappa shape index (κ3) is 2.92. The molecule has 0 fully saturated rings. The summed E-state index contributed by atoms with van der Waals surface area (Å²) in [4.78, 5) is 15.6. The van der Waals surface area contributed by atoms with E-state index >= 15 is 0 Å². The number of rotatable bonds is 5. The number of hydrogen-bond donors (Lipinski definition) is 0. The molecule has 0 aliphatic carbocycles. The lowest BCUT2D eigenvalue weighted by molar-refractivity contribution is 0.0962. The Balaban J connectivity index is 2.56. The van der Waals surface area contributed by atoms with Crippen LogP contribution in [0.25, 0.3) is 0 Å². The van der Waals surface area contributed by atoms with Gasteiger partial charge >= 0.3 is 0 Å². The summed E-state index contributed by atoms with van der Waals surface area (Å²) in [5, 5.41) is 0. The van der Waals surface area contributed by atoms with E-state index in [1.807, 2.05) is 13.0 Å². The lowest BCUT2D eigenvalue weighted by Crippen LogP contribution is -2.03. The van der Waals surface area contributed by atoms with Crippen LogP contribution in [-0.2, 0) is 4.74 Å². The van der Waals surface area contributed by atoms with Gasteiger partial charge in [0.05, 0.1) is 0 Å². The zero-order valence-electron chi connectivity index (χ0n) is 8.62. The zero-order valence-corrected chi connectivity index (χ0v) is 8.62. The van der Waals surface area contributed by atoms with Gasteiger partial charge in [0, 0.05) is 38.1 Å². The second-order valence-electron chi connectivity index (χ2n) is 3.21. The largest absolute Gasteiger partial charge is 0.385 e. The first kappa shape index (κ1) is 10.9. The van der Waals surface area contributed by atoms with Crippen molar-refractivity contribution in [1.29, 1.82) is 0 Å². The number of ether oxygens (including phenoxy) is 1. The van der Waals surface area contributed by atoms with Gasteiger partial charge in [-0.05, 0) is 25.0 Å². The SMILES string of the molecule is COCCCC(=O)c1cnccc1C. The molecule has 1 rings (SSSR count). The van der Waals surface area contributed by atoms with E-state index in [9.17, 15) is 4.79 Å². The Bertz CT molecular complexity index is 310. The van der Waals surface area contributed by atoms with Crippen molar-refractivity contribution in [2.75, 3.05) is 13.7 Å². The molecule has 0 aliphatic rings. The molecule has 0 spiro atoms. The number of aryl methyl sites for hydroxylation is 1. The molecule has 0 unspecified atom stereocenters. The zero-order chi connectivity index (χ0) is 10.4. The van der Waals surface area contributed by atoms with Gasteiger partial charge in [0.2, 0.25) is 0 Å². The Labute approximate surface area is 84.1 Å². The molecule has 3 heteroatoms. The molecule has 76 valence electrons. The number of carbonyl (C=O) groups excluding carboxylic acids is 1. The van der Waals surface area contributed by atoms with Gasteiger partial charge in [-0.1, -0.05) is 0 Å². The highest BCUT2D eigenvalue weighted by atomic mass is 16.5. The van der Waals surface area contributed by atoms with Crippen molar-refractivity contribution in [1.82, 2.24) is 4.98 Å². The molecule has 0 bridgehead atoms. The maximum Gasteiger partial charge on any atom is 0.164 e. The Morgan fingerprint density at radius 1 is 1.57 bits per heavy atom. The molecule has 14 heavy (non-hydrogen) atoms. The van der Waals surface area contributed by atoms with Crippen molar-refractivity contribution in [3.63, 3.8) is 0 Å². The first-order chi connectivity index (χ1) is 6.75. The van der Waals surface area contributed by atoms with Gasteiger partial charge < -0.3 is 4.74 Å². The monoisotopic (exact) mass is 193 g/mol. The lowest BCUT2D eigenvalue weighted by atomic mass is 10.0. The summed E-state index contributed by atoms with van der Waals surface area (Å²) in [6, 6.07) is 1.85. The van der Waals surface area contributed by atoms with Gasteiger partial charge in [0.15, 0.2) is 5.78 Å². The molecule has 1 heterocycles. The number of methoxy groups -OCH3 is 1. The quantitative estimate of drug-likeness (QED) is 0.530. The molecule has 0 aliphatic heterocycles. The van der Waals surface area contributed by atoms with Crippen LogP contribution in [0, 0.1) is 6.92 Å². The Morgan fingerprint density at radius 3 is 3.00 bits per heavy atom. The summed E-state index contributed by atoms with van der Waals surface area (Å²) in [5.41, 5.74) is 1.71. The first-order valence-corrected chi connectivity index (χ1v) is 4.68.